The van der Waals surface area contributed by atoms with Crippen LogP contribution in [0.4, 0.5) is 10.5 Å². The van der Waals surface area contributed by atoms with Gasteiger partial charge < -0.3 is 15.1 Å². The first-order chi connectivity index (χ1) is 10.1. The van der Waals surface area contributed by atoms with Gasteiger partial charge in [-0.2, -0.15) is 0 Å². The van der Waals surface area contributed by atoms with Crippen LogP contribution in [0, 0.1) is 6.92 Å². The third-order valence-corrected chi connectivity index (χ3v) is 3.69. The summed E-state index contributed by atoms with van der Waals surface area (Å²) in [5.41, 5.74) is 2.46. The van der Waals surface area contributed by atoms with Gasteiger partial charge in [-0.3, -0.25) is 4.79 Å². The smallest absolute Gasteiger partial charge is 0.317 e. The van der Waals surface area contributed by atoms with Crippen molar-refractivity contribution in [2.45, 2.75) is 20.3 Å². The van der Waals surface area contributed by atoms with E-state index in [1.165, 1.54) is 18.2 Å². The number of piperazine rings is 1. The Kier molecular flexibility index (Phi) is 5.20. The van der Waals surface area contributed by atoms with Crippen LogP contribution in [0.25, 0.3) is 0 Å². The summed E-state index contributed by atoms with van der Waals surface area (Å²) in [5.74, 6) is 0.0968. The third-order valence-electron chi connectivity index (χ3n) is 3.69. The molecule has 1 N–H and O–H groups in total. The topological polar surface area (TPSA) is 52.7 Å². The van der Waals surface area contributed by atoms with Gasteiger partial charge in [0.25, 0.3) is 0 Å². The lowest BCUT2D eigenvalue weighted by atomic mass is 10.2. The maximum absolute atomic E-state index is 12.0. The molecule has 0 radical (unpaired) electrons. The van der Waals surface area contributed by atoms with E-state index in [4.69, 9.17) is 0 Å². The van der Waals surface area contributed by atoms with Crippen LogP contribution < -0.4 is 10.2 Å². The number of urea groups is 1. The number of carbonyl (C=O) groups excluding carboxylic acids is 2. The fourth-order valence-electron chi connectivity index (χ4n) is 2.45. The molecule has 0 saturated carbocycles. The Labute approximate surface area is 125 Å². The van der Waals surface area contributed by atoms with Crippen LogP contribution in [0.1, 0.15) is 18.9 Å². The minimum atomic E-state index is -0.0693. The second-order valence-corrected chi connectivity index (χ2v) is 5.50. The van der Waals surface area contributed by atoms with Gasteiger partial charge in [0.05, 0.1) is 0 Å². The Balaban J connectivity index is 1.80. The predicted molar refractivity (Wildman–Crippen MR) is 83.7 cm³/mol. The highest BCUT2D eigenvalue weighted by Crippen LogP contribution is 2.17. The van der Waals surface area contributed by atoms with Crippen LogP contribution in [-0.4, -0.2) is 49.4 Å². The van der Waals surface area contributed by atoms with E-state index in [1.807, 2.05) is 4.90 Å². The minimum Gasteiger partial charge on any atom is -0.368 e. The summed E-state index contributed by atoms with van der Waals surface area (Å²) in [5, 5.41) is 2.80. The maximum Gasteiger partial charge on any atom is 0.317 e. The van der Waals surface area contributed by atoms with Gasteiger partial charge >= 0.3 is 6.03 Å². The van der Waals surface area contributed by atoms with Crippen LogP contribution in [0.5, 0.6) is 0 Å². The Morgan fingerprint density at radius 3 is 2.52 bits per heavy atom. The zero-order valence-electron chi connectivity index (χ0n) is 12.8. The van der Waals surface area contributed by atoms with Gasteiger partial charge in [-0.15, -0.1) is 0 Å². The van der Waals surface area contributed by atoms with Gasteiger partial charge in [0.1, 0.15) is 5.78 Å². The molecule has 0 atom stereocenters. The highest BCUT2D eigenvalue weighted by Gasteiger charge is 2.20. The molecule has 0 bridgehead atoms. The molecular weight excluding hydrogens is 266 g/mol. The van der Waals surface area contributed by atoms with Crippen LogP contribution in [-0.2, 0) is 4.79 Å². The number of nitrogens with zero attached hydrogens (tertiary/aromatic N) is 2. The molecule has 1 saturated heterocycles. The average Bonchev–Trinajstić information content (AvgIpc) is 2.47. The van der Waals surface area contributed by atoms with Crippen LogP contribution >= 0.6 is 0 Å². The van der Waals surface area contributed by atoms with Crippen LogP contribution in [0.15, 0.2) is 24.3 Å². The van der Waals surface area contributed by atoms with E-state index < -0.39 is 0 Å². The van der Waals surface area contributed by atoms with E-state index in [2.05, 4.69) is 41.4 Å². The molecule has 1 heterocycles. The van der Waals surface area contributed by atoms with E-state index in [9.17, 15) is 9.59 Å². The largest absolute Gasteiger partial charge is 0.368 e. The summed E-state index contributed by atoms with van der Waals surface area (Å²) >= 11 is 0. The Bertz CT molecular complexity index is 508. The summed E-state index contributed by atoms with van der Waals surface area (Å²) in [6, 6.07) is 8.35. The zero-order valence-corrected chi connectivity index (χ0v) is 12.8. The third kappa shape index (κ3) is 4.48. The molecule has 1 aliphatic heterocycles. The molecule has 1 aromatic rings. The van der Waals surface area contributed by atoms with E-state index >= 15 is 0 Å². The number of carbonyl (C=O) groups is 2. The number of aryl methyl sites for hydroxylation is 1. The molecular formula is C16H23N3O2. The van der Waals surface area contributed by atoms with Crippen molar-refractivity contribution in [1.82, 2.24) is 10.2 Å². The lowest BCUT2D eigenvalue weighted by Crippen LogP contribution is -2.52. The minimum absolute atomic E-state index is 0.0693. The summed E-state index contributed by atoms with van der Waals surface area (Å²) < 4.78 is 0. The monoisotopic (exact) mass is 289 g/mol. The van der Waals surface area contributed by atoms with Crippen molar-refractivity contribution in [3.8, 4) is 0 Å². The number of ketones is 1. The first-order valence-corrected chi connectivity index (χ1v) is 7.40. The zero-order chi connectivity index (χ0) is 15.2. The molecule has 2 amide bonds. The van der Waals surface area contributed by atoms with Gasteiger partial charge in [0, 0.05) is 44.8 Å². The molecule has 114 valence electrons. The quantitative estimate of drug-likeness (QED) is 0.919. The molecule has 1 aliphatic rings. The lowest BCUT2D eigenvalue weighted by molar-refractivity contribution is -0.116. The fraction of sp³-hybridized carbons (Fsp3) is 0.500. The Morgan fingerprint density at radius 2 is 1.90 bits per heavy atom. The molecule has 0 unspecified atom stereocenters. The van der Waals surface area contributed by atoms with Crippen molar-refractivity contribution >= 4 is 17.5 Å². The van der Waals surface area contributed by atoms with E-state index in [0.29, 0.717) is 26.1 Å². The molecule has 0 spiro atoms. The molecule has 2 rings (SSSR count). The van der Waals surface area contributed by atoms with E-state index in [-0.39, 0.29) is 11.8 Å². The highest BCUT2D eigenvalue weighted by atomic mass is 16.2. The SMILES string of the molecule is CC(=O)CCNC(=O)N1CCN(c2cccc(C)c2)CC1. The Hall–Kier alpha value is -2.04. The van der Waals surface area contributed by atoms with Gasteiger partial charge in [-0.05, 0) is 31.5 Å². The number of anilines is 1. The molecule has 1 fully saturated rings. The molecule has 5 nitrogen and oxygen atoms in total. The molecule has 1 aromatic carbocycles. The number of hydrogen-bond donors (Lipinski definition) is 1. The van der Waals surface area contributed by atoms with Gasteiger partial charge in [0.2, 0.25) is 0 Å². The van der Waals surface area contributed by atoms with Crippen molar-refractivity contribution < 1.29 is 9.59 Å². The lowest BCUT2D eigenvalue weighted by Gasteiger charge is -2.36. The second kappa shape index (κ2) is 7.11. The number of benzene rings is 1. The Morgan fingerprint density at radius 1 is 1.19 bits per heavy atom. The van der Waals surface area contributed by atoms with E-state index in [1.54, 1.807) is 0 Å². The van der Waals surface area contributed by atoms with Crippen molar-refractivity contribution in [2.75, 3.05) is 37.6 Å². The maximum atomic E-state index is 12.0. The van der Waals surface area contributed by atoms with Crippen molar-refractivity contribution in [3.63, 3.8) is 0 Å². The number of rotatable bonds is 4. The highest BCUT2D eigenvalue weighted by molar-refractivity contribution is 5.78. The molecule has 0 aromatic heterocycles. The number of hydrogen-bond acceptors (Lipinski definition) is 3. The summed E-state index contributed by atoms with van der Waals surface area (Å²) in [6.45, 7) is 7.13. The normalized spacial score (nSPS) is 15.0. The molecule has 0 aliphatic carbocycles. The average molecular weight is 289 g/mol. The first kappa shape index (κ1) is 15.4. The summed E-state index contributed by atoms with van der Waals surface area (Å²) in [4.78, 5) is 26.9. The van der Waals surface area contributed by atoms with Crippen molar-refractivity contribution in [1.29, 1.82) is 0 Å². The fourth-order valence-corrected chi connectivity index (χ4v) is 2.45. The number of Topliss-reactive ketones (excluding diaryl/α,β-unsaturated/α-hetero) is 1. The molecule has 5 heteroatoms. The van der Waals surface area contributed by atoms with E-state index in [0.717, 1.165) is 13.1 Å². The standard InChI is InChI=1S/C16H23N3O2/c1-13-4-3-5-15(12-13)18-8-10-19(11-9-18)16(21)17-7-6-14(2)20/h3-5,12H,6-11H2,1-2H3,(H,17,21). The van der Waals surface area contributed by atoms with Crippen molar-refractivity contribution in [2.24, 2.45) is 0 Å². The van der Waals surface area contributed by atoms with Crippen molar-refractivity contribution in [3.05, 3.63) is 29.8 Å². The molecule has 21 heavy (non-hydrogen) atoms. The second-order valence-electron chi connectivity index (χ2n) is 5.50. The van der Waals surface area contributed by atoms with Gasteiger partial charge in [-0.1, -0.05) is 12.1 Å². The first-order valence-electron chi connectivity index (χ1n) is 7.40. The van der Waals surface area contributed by atoms with Crippen LogP contribution in [0.2, 0.25) is 0 Å². The number of amides is 2. The van der Waals surface area contributed by atoms with Crippen LogP contribution in [0.3, 0.4) is 0 Å². The predicted octanol–water partition coefficient (Wildman–Crippen LogP) is 1.81. The van der Waals surface area contributed by atoms with Gasteiger partial charge in [-0.25, -0.2) is 4.79 Å². The number of nitrogens with one attached hydrogen (secondary N) is 1. The van der Waals surface area contributed by atoms with Gasteiger partial charge in [0.15, 0.2) is 0 Å². The summed E-state index contributed by atoms with van der Waals surface area (Å²) in [7, 11) is 0. The summed E-state index contributed by atoms with van der Waals surface area (Å²) in [6.07, 6.45) is 0.398.